The van der Waals surface area contributed by atoms with Gasteiger partial charge in [-0.2, -0.15) is 5.10 Å². The van der Waals surface area contributed by atoms with E-state index in [1.54, 1.807) is 35.2 Å². The molecule has 0 spiro atoms. The molecule has 4 rings (SSSR count). The number of carbonyl (C=O) groups is 1. The average molecular weight is 323 g/mol. The predicted octanol–water partition coefficient (Wildman–Crippen LogP) is 2.66. The van der Waals surface area contributed by atoms with Gasteiger partial charge in [0, 0.05) is 17.6 Å². The normalized spacial score (nSPS) is 13.8. The minimum atomic E-state index is -0.330. The summed E-state index contributed by atoms with van der Waals surface area (Å²) < 4.78 is 13.4. The molecule has 1 aliphatic heterocycles. The Kier molecular flexibility index (Phi) is 3.37. The van der Waals surface area contributed by atoms with Gasteiger partial charge in [0.05, 0.1) is 5.39 Å². The first-order chi connectivity index (χ1) is 11.6. The minimum absolute atomic E-state index is 0.197. The number of nitrogens with one attached hydrogen (secondary N) is 1. The van der Waals surface area contributed by atoms with Gasteiger partial charge in [-0.05, 0) is 42.7 Å². The summed E-state index contributed by atoms with van der Waals surface area (Å²) >= 11 is 0. The third-order valence-corrected chi connectivity index (χ3v) is 4.30. The van der Waals surface area contributed by atoms with E-state index >= 15 is 0 Å². The molecule has 1 N–H and O–H groups in total. The zero-order valence-corrected chi connectivity index (χ0v) is 12.8. The van der Waals surface area contributed by atoms with Crippen LogP contribution in [0.2, 0.25) is 0 Å². The zero-order valence-electron chi connectivity index (χ0n) is 12.8. The van der Waals surface area contributed by atoms with Crippen LogP contribution in [0.15, 0.2) is 47.3 Å². The van der Waals surface area contributed by atoms with Crippen molar-refractivity contribution in [3.8, 4) is 0 Å². The number of aromatic amines is 1. The van der Waals surface area contributed by atoms with E-state index in [9.17, 15) is 14.0 Å². The number of nitrogens with zero attached hydrogens (tertiary/aromatic N) is 2. The number of aryl methyl sites for hydroxylation is 1. The number of H-pyrrole nitrogens is 1. The maximum Gasteiger partial charge on any atom is 0.279 e. The summed E-state index contributed by atoms with van der Waals surface area (Å²) in [4.78, 5) is 26.5. The summed E-state index contributed by atoms with van der Waals surface area (Å²) in [5, 5.41) is 7.29. The predicted molar refractivity (Wildman–Crippen MR) is 88.8 cm³/mol. The Balaban J connectivity index is 1.84. The molecule has 1 aromatic heterocycles. The number of aromatic nitrogens is 2. The van der Waals surface area contributed by atoms with Crippen LogP contribution in [0.1, 0.15) is 22.5 Å². The lowest BCUT2D eigenvalue weighted by molar-refractivity contribution is 0.0981. The van der Waals surface area contributed by atoms with Gasteiger partial charge in [-0.15, -0.1) is 0 Å². The quantitative estimate of drug-likeness (QED) is 0.749. The SMILES string of the molecule is O=C(c1n[nH]c(=O)c2ccccc12)N1CCCc2cc(F)ccc21. The first kappa shape index (κ1) is 14.6. The first-order valence-corrected chi connectivity index (χ1v) is 7.73. The summed E-state index contributed by atoms with van der Waals surface area (Å²) in [5.74, 6) is -0.606. The van der Waals surface area contributed by atoms with Gasteiger partial charge in [-0.1, -0.05) is 18.2 Å². The number of halogens is 1. The van der Waals surface area contributed by atoms with Crippen molar-refractivity contribution in [1.29, 1.82) is 0 Å². The molecule has 24 heavy (non-hydrogen) atoms. The number of hydrogen-bond donors (Lipinski definition) is 1. The third kappa shape index (κ3) is 2.27. The molecule has 3 aromatic rings. The van der Waals surface area contributed by atoms with Crippen LogP contribution in [0, 0.1) is 5.82 Å². The Labute approximate surface area is 136 Å². The van der Waals surface area contributed by atoms with Gasteiger partial charge in [0.15, 0.2) is 5.69 Å². The third-order valence-electron chi connectivity index (χ3n) is 4.30. The van der Waals surface area contributed by atoms with Crippen LogP contribution < -0.4 is 10.5 Å². The summed E-state index contributed by atoms with van der Waals surface area (Å²) in [6.07, 6.45) is 1.49. The van der Waals surface area contributed by atoms with Crippen LogP contribution in [-0.2, 0) is 6.42 Å². The molecule has 2 aromatic carbocycles. The van der Waals surface area contributed by atoms with Crippen molar-refractivity contribution < 1.29 is 9.18 Å². The highest BCUT2D eigenvalue weighted by Crippen LogP contribution is 2.29. The van der Waals surface area contributed by atoms with Crippen molar-refractivity contribution in [3.63, 3.8) is 0 Å². The van der Waals surface area contributed by atoms with E-state index in [0.29, 0.717) is 23.0 Å². The number of rotatable bonds is 1. The lowest BCUT2D eigenvalue weighted by atomic mass is 10.0. The van der Waals surface area contributed by atoms with Crippen LogP contribution in [0.25, 0.3) is 10.8 Å². The molecule has 0 saturated carbocycles. The molecule has 0 radical (unpaired) electrons. The second-order valence-electron chi connectivity index (χ2n) is 5.78. The number of benzene rings is 2. The Morgan fingerprint density at radius 2 is 1.96 bits per heavy atom. The highest BCUT2D eigenvalue weighted by atomic mass is 19.1. The van der Waals surface area contributed by atoms with Crippen molar-refractivity contribution in [2.24, 2.45) is 0 Å². The van der Waals surface area contributed by atoms with E-state index in [4.69, 9.17) is 0 Å². The first-order valence-electron chi connectivity index (χ1n) is 7.73. The molecule has 0 bridgehead atoms. The van der Waals surface area contributed by atoms with Crippen LogP contribution in [0.4, 0.5) is 10.1 Å². The van der Waals surface area contributed by atoms with Gasteiger partial charge in [-0.3, -0.25) is 9.59 Å². The smallest absolute Gasteiger partial charge is 0.279 e. The van der Waals surface area contributed by atoms with Crippen molar-refractivity contribution in [3.05, 3.63) is 69.9 Å². The van der Waals surface area contributed by atoms with E-state index < -0.39 is 0 Å². The standard InChI is InChI=1S/C18H14FN3O2/c19-12-7-8-15-11(10-12)4-3-9-22(15)18(24)16-13-5-1-2-6-14(13)17(23)21-20-16/h1-2,5-8,10H,3-4,9H2,(H,21,23). The van der Waals surface area contributed by atoms with Crippen LogP contribution >= 0.6 is 0 Å². The topological polar surface area (TPSA) is 66.1 Å². The molecule has 2 heterocycles. The van der Waals surface area contributed by atoms with Gasteiger partial charge in [0.25, 0.3) is 11.5 Å². The number of anilines is 1. The summed E-state index contributed by atoms with van der Waals surface area (Å²) in [5.41, 5.74) is 1.37. The van der Waals surface area contributed by atoms with E-state index in [0.717, 1.165) is 18.4 Å². The van der Waals surface area contributed by atoms with Gasteiger partial charge >= 0.3 is 0 Å². The molecule has 0 aliphatic carbocycles. The molecule has 0 atom stereocenters. The van der Waals surface area contributed by atoms with Crippen molar-refractivity contribution in [2.75, 3.05) is 11.4 Å². The highest BCUT2D eigenvalue weighted by molar-refractivity contribution is 6.12. The number of amides is 1. The average Bonchev–Trinajstić information content (AvgIpc) is 2.61. The summed E-state index contributed by atoms with van der Waals surface area (Å²) in [7, 11) is 0. The monoisotopic (exact) mass is 323 g/mol. The summed E-state index contributed by atoms with van der Waals surface area (Å²) in [6, 6.07) is 11.3. The Morgan fingerprint density at radius 3 is 2.79 bits per heavy atom. The van der Waals surface area contributed by atoms with Crippen LogP contribution in [-0.4, -0.2) is 22.6 Å². The van der Waals surface area contributed by atoms with Gasteiger partial charge in [0.2, 0.25) is 0 Å². The molecular formula is C18H14FN3O2. The molecule has 6 heteroatoms. The number of hydrogen-bond acceptors (Lipinski definition) is 3. The van der Waals surface area contributed by atoms with Crippen molar-refractivity contribution in [1.82, 2.24) is 10.2 Å². The molecule has 5 nitrogen and oxygen atoms in total. The molecule has 1 amide bonds. The van der Waals surface area contributed by atoms with E-state index in [2.05, 4.69) is 10.2 Å². The number of carbonyl (C=O) groups excluding carboxylic acids is 1. The maximum atomic E-state index is 13.4. The van der Waals surface area contributed by atoms with Gasteiger partial charge < -0.3 is 4.90 Å². The van der Waals surface area contributed by atoms with Gasteiger partial charge in [0.1, 0.15) is 5.82 Å². The molecule has 0 saturated heterocycles. The van der Waals surface area contributed by atoms with Crippen molar-refractivity contribution >= 4 is 22.4 Å². The fourth-order valence-corrected chi connectivity index (χ4v) is 3.18. The van der Waals surface area contributed by atoms with Crippen molar-refractivity contribution in [2.45, 2.75) is 12.8 Å². The molecule has 0 unspecified atom stereocenters. The second kappa shape index (κ2) is 5.56. The molecular weight excluding hydrogens is 309 g/mol. The fraction of sp³-hybridized carbons (Fsp3) is 0.167. The lowest BCUT2D eigenvalue weighted by Gasteiger charge is -2.29. The Bertz CT molecular complexity index is 1010. The largest absolute Gasteiger partial charge is 0.307 e. The van der Waals surface area contributed by atoms with Gasteiger partial charge in [-0.25, -0.2) is 9.49 Å². The van der Waals surface area contributed by atoms with Crippen LogP contribution in [0.5, 0.6) is 0 Å². The second-order valence-corrected chi connectivity index (χ2v) is 5.78. The zero-order chi connectivity index (χ0) is 16.7. The number of fused-ring (bicyclic) bond motifs is 2. The maximum absolute atomic E-state index is 13.4. The Hall–Kier alpha value is -3.02. The van der Waals surface area contributed by atoms with Crippen LogP contribution in [0.3, 0.4) is 0 Å². The molecule has 0 fully saturated rings. The summed E-state index contributed by atoms with van der Waals surface area (Å²) in [6.45, 7) is 0.534. The fourth-order valence-electron chi connectivity index (χ4n) is 3.18. The molecule has 120 valence electrons. The van der Waals surface area contributed by atoms with E-state index in [1.807, 2.05) is 0 Å². The highest BCUT2D eigenvalue weighted by Gasteiger charge is 2.26. The minimum Gasteiger partial charge on any atom is -0.307 e. The Morgan fingerprint density at radius 1 is 1.17 bits per heavy atom. The van der Waals surface area contributed by atoms with E-state index in [1.165, 1.54) is 12.1 Å². The lowest BCUT2D eigenvalue weighted by Crippen LogP contribution is -2.36. The molecule has 1 aliphatic rings. The van der Waals surface area contributed by atoms with E-state index in [-0.39, 0.29) is 23.0 Å².